The Morgan fingerprint density at radius 1 is 1.23 bits per heavy atom. The summed E-state index contributed by atoms with van der Waals surface area (Å²) in [6.07, 6.45) is 2.70. The molecule has 6 heteroatoms. The van der Waals surface area contributed by atoms with Crippen LogP contribution in [0, 0.1) is 0 Å². The molecule has 6 nitrogen and oxygen atoms in total. The minimum absolute atomic E-state index is 0.525. The number of guanidine groups is 1. The van der Waals surface area contributed by atoms with E-state index in [-0.39, 0.29) is 0 Å². The summed E-state index contributed by atoms with van der Waals surface area (Å²) in [7, 11) is 0. The van der Waals surface area contributed by atoms with Crippen molar-refractivity contribution in [2.45, 2.75) is 33.7 Å². The van der Waals surface area contributed by atoms with Crippen LogP contribution in [0.15, 0.2) is 23.3 Å². The summed E-state index contributed by atoms with van der Waals surface area (Å²) in [5, 5.41) is 6.46. The summed E-state index contributed by atoms with van der Waals surface area (Å²) >= 11 is 0. The third-order valence-corrected chi connectivity index (χ3v) is 2.79. The van der Waals surface area contributed by atoms with Crippen LogP contribution in [0.1, 0.15) is 32.8 Å². The van der Waals surface area contributed by atoms with Crippen LogP contribution in [0.4, 0.5) is 0 Å². The summed E-state index contributed by atoms with van der Waals surface area (Å²) in [5.74, 6) is 1.44. The average Bonchev–Trinajstić information content (AvgIpc) is 2.55. The molecule has 0 saturated carbocycles. The molecule has 0 unspecified atom stereocenters. The molecule has 22 heavy (non-hydrogen) atoms. The molecule has 1 aromatic heterocycles. The molecule has 1 heterocycles. The quantitative estimate of drug-likeness (QED) is 0.393. The van der Waals surface area contributed by atoms with Gasteiger partial charge in [0.1, 0.15) is 0 Å². The van der Waals surface area contributed by atoms with E-state index in [0.29, 0.717) is 25.6 Å². The number of nitrogens with zero attached hydrogens (tertiary/aromatic N) is 2. The molecule has 0 spiro atoms. The maximum atomic E-state index is 5.65. The zero-order chi connectivity index (χ0) is 16.0. The van der Waals surface area contributed by atoms with Crippen molar-refractivity contribution in [1.29, 1.82) is 0 Å². The summed E-state index contributed by atoms with van der Waals surface area (Å²) in [5.41, 5.74) is 0.984. The molecule has 0 aliphatic heterocycles. The first kappa shape index (κ1) is 18.2. The lowest BCUT2D eigenvalue weighted by Gasteiger charge is -2.12. The second kappa shape index (κ2) is 11.8. The highest BCUT2D eigenvalue weighted by Crippen LogP contribution is 2.15. The highest BCUT2D eigenvalue weighted by Gasteiger charge is 2.04. The number of aromatic nitrogens is 1. The Kier molecular flexibility index (Phi) is 9.78. The second-order valence-electron chi connectivity index (χ2n) is 4.64. The van der Waals surface area contributed by atoms with Gasteiger partial charge in [0.25, 0.3) is 0 Å². The highest BCUT2D eigenvalue weighted by atomic mass is 16.5. The normalized spacial score (nSPS) is 11.3. The molecule has 0 radical (unpaired) electrons. The molecular formula is C16H28N4O2. The number of nitrogens with one attached hydrogen (secondary N) is 2. The second-order valence-corrected chi connectivity index (χ2v) is 4.64. The molecule has 0 aliphatic rings. The molecular weight excluding hydrogens is 280 g/mol. The maximum absolute atomic E-state index is 5.65. The van der Waals surface area contributed by atoms with Gasteiger partial charge in [-0.1, -0.05) is 13.0 Å². The van der Waals surface area contributed by atoms with Crippen LogP contribution in [0.25, 0.3) is 0 Å². The van der Waals surface area contributed by atoms with Crippen molar-refractivity contribution in [3.05, 3.63) is 23.9 Å². The van der Waals surface area contributed by atoms with E-state index >= 15 is 0 Å². The predicted molar refractivity (Wildman–Crippen MR) is 89.3 cm³/mol. The van der Waals surface area contributed by atoms with Crippen molar-refractivity contribution in [3.63, 3.8) is 0 Å². The summed E-state index contributed by atoms with van der Waals surface area (Å²) in [4.78, 5) is 8.84. The third kappa shape index (κ3) is 7.26. The van der Waals surface area contributed by atoms with Crippen LogP contribution in [0.5, 0.6) is 5.88 Å². The van der Waals surface area contributed by atoms with E-state index < -0.39 is 0 Å². The van der Waals surface area contributed by atoms with E-state index in [0.717, 1.165) is 37.6 Å². The molecule has 2 N–H and O–H groups in total. The number of ether oxygens (including phenoxy) is 2. The molecule has 1 rings (SSSR count). The van der Waals surface area contributed by atoms with Crippen LogP contribution in [0.2, 0.25) is 0 Å². The summed E-state index contributed by atoms with van der Waals surface area (Å²) in [6, 6.07) is 3.89. The predicted octanol–water partition coefficient (Wildman–Crippen LogP) is 1.96. The van der Waals surface area contributed by atoms with Gasteiger partial charge < -0.3 is 20.1 Å². The van der Waals surface area contributed by atoms with E-state index in [9.17, 15) is 0 Å². The van der Waals surface area contributed by atoms with Crippen LogP contribution in [0.3, 0.4) is 0 Å². The monoisotopic (exact) mass is 308 g/mol. The molecule has 0 saturated heterocycles. The number of hydrogen-bond donors (Lipinski definition) is 2. The Morgan fingerprint density at radius 2 is 2.09 bits per heavy atom. The minimum Gasteiger partial charge on any atom is -0.477 e. The van der Waals surface area contributed by atoms with Crippen molar-refractivity contribution < 1.29 is 9.47 Å². The smallest absolute Gasteiger partial charge is 0.218 e. The van der Waals surface area contributed by atoms with Gasteiger partial charge in [0, 0.05) is 31.5 Å². The number of hydrogen-bond acceptors (Lipinski definition) is 4. The van der Waals surface area contributed by atoms with Gasteiger partial charge in [0.2, 0.25) is 5.88 Å². The lowest BCUT2D eigenvalue weighted by Crippen LogP contribution is -2.39. The van der Waals surface area contributed by atoms with E-state index in [1.165, 1.54) is 0 Å². The fraction of sp³-hybridized carbons (Fsp3) is 0.625. The molecule has 0 aliphatic carbocycles. The van der Waals surface area contributed by atoms with Crippen molar-refractivity contribution in [2.75, 3.05) is 32.9 Å². The Balaban J connectivity index is 2.60. The Labute approximate surface area is 133 Å². The molecule has 0 amide bonds. The maximum Gasteiger partial charge on any atom is 0.218 e. The van der Waals surface area contributed by atoms with Crippen molar-refractivity contribution in [3.8, 4) is 5.88 Å². The third-order valence-electron chi connectivity index (χ3n) is 2.79. The van der Waals surface area contributed by atoms with Crippen molar-refractivity contribution in [1.82, 2.24) is 15.6 Å². The van der Waals surface area contributed by atoms with Gasteiger partial charge in [-0.2, -0.15) is 0 Å². The van der Waals surface area contributed by atoms with Gasteiger partial charge in [-0.3, -0.25) is 0 Å². The van der Waals surface area contributed by atoms with Crippen LogP contribution in [-0.2, 0) is 11.3 Å². The minimum atomic E-state index is 0.525. The molecule has 0 bridgehead atoms. The fourth-order valence-electron chi connectivity index (χ4n) is 1.77. The van der Waals surface area contributed by atoms with E-state index in [1.807, 2.05) is 26.0 Å². The zero-order valence-electron chi connectivity index (χ0n) is 13.9. The molecule has 0 aromatic carbocycles. The molecule has 1 aromatic rings. The van der Waals surface area contributed by atoms with E-state index in [4.69, 9.17) is 9.47 Å². The standard InChI is InChI=1S/C16H28N4O2/c1-4-11-22-15-14(8-7-9-18-15)13-20-16(17-5-2)19-10-12-21-6-3/h7-9H,4-6,10-13H2,1-3H3,(H2,17,19,20). The van der Waals surface area contributed by atoms with Gasteiger partial charge in [-0.15, -0.1) is 0 Å². The fourth-order valence-corrected chi connectivity index (χ4v) is 1.77. The first-order valence-corrected chi connectivity index (χ1v) is 7.98. The Morgan fingerprint density at radius 3 is 2.82 bits per heavy atom. The number of aliphatic imine (C=N–C) groups is 1. The SMILES string of the molecule is CCCOc1ncccc1CN=C(NCC)NCCOCC. The molecule has 0 fully saturated rings. The first-order chi connectivity index (χ1) is 10.8. The van der Waals surface area contributed by atoms with Crippen molar-refractivity contribution in [2.24, 2.45) is 4.99 Å². The zero-order valence-corrected chi connectivity index (χ0v) is 13.9. The highest BCUT2D eigenvalue weighted by molar-refractivity contribution is 5.79. The lowest BCUT2D eigenvalue weighted by atomic mass is 10.3. The van der Waals surface area contributed by atoms with Crippen LogP contribution >= 0.6 is 0 Å². The Hall–Kier alpha value is -1.82. The average molecular weight is 308 g/mol. The summed E-state index contributed by atoms with van der Waals surface area (Å²) < 4.78 is 11.0. The van der Waals surface area contributed by atoms with E-state index in [2.05, 4.69) is 27.5 Å². The topological polar surface area (TPSA) is 67.8 Å². The van der Waals surface area contributed by atoms with Crippen molar-refractivity contribution >= 4 is 5.96 Å². The lowest BCUT2D eigenvalue weighted by molar-refractivity contribution is 0.152. The van der Waals surface area contributed by atoms with Gasteiger partial charge >= 0.3 is 0 Å². The number of rotatable bonds is 10. The van der Waals surface area contributed by atoms with Crippen LogP contribution in [-0.4, -0.2) is 43.9 Å². The van der Waals surface area contributed by atoms with E-state index in [1.54, 1.807) is 6.20 Å². The van der Waals surface area contributed by atoms with Gasteiger partial charge in [0.15, 0.2) is 5.96 Å². The van der Waals surface area contributed by atoms with Crippen LogP contribution < -0.4 is 15.4 Å². The molecule has 0 atom stereocenters. The number of pyridine rings is 1. The van der Waals surface area contributed by atoms with Gasteiger partial charge in [-0.05, 0) is 26.3 Å². The first-order valence-electron chi connectivity index (χ1n) is 7.98. The molecule has 124 valence electrons. The Bertz CT molecular complexity index is 438. The summed E-state index contributed by atoms with van der Waals surface area (Å²) in [6.45, 7) is 10.2. The largest absolute Gasteiger partial charge is 0.477 e. The van der Waals surface area contributed by atoms with Gasteiger partial charge in [-0.25, -0.2) is 9.98 Å². The van der Waals surface area contributed by atoms with Gasteiger partial charge in [0.05, 0.1) is 19.8 Å².